The van der Waals surface area contributed by atoms with Gasteiger partial charge in [-0.05, 0) is 12.8 Å². The molecule has 0 aromatic rings. The molecule has 0 bridgehead atoms. The molecule has 0 atom stereocenters. The summed E-state index contributed by atoms with van der Waals surface area (Å²) in [6.07, 6.45) is 3.65. The molecule has 1 rings (SSSR count). The SMILES string of the molecule is CCCN1CCCC1=O.CS(=O)(=O)O. The summed E-state index contributed by atoms with van der Waals surface area (Å²) >= 11 is 0. The second kappa shape index (κ2) is 5.98. The number of likely N-dealkylation sites (tertiary alicyclic amines) is 1. The van der Waals surface area contributed by atoms with Crippen LogP contribution < -0.4 is 0 Å². The third kappa shape index (κ3) is 8.00. The summed E-state index contributed by atoms with van der Waals surface area (Å²) in [6.45, 7) is 4.05. The number of rotatable bonds is 2. The highest BCUT2D eigenvalue weighted by Gasteiger charge is 2.17. The molecule has 1 heterocycles. The Kier molecular flexibility index (Phi) is 5.71. The van der Waals surface area contributed by atoms with Gasteiger partial charge in [-0.25, -0.2) is 0 Å². The number of hydrogen-bond acceptors (Lipinski definition) is 3. The van der Waals surface area contributed by atoms with E-state index in [0.717, 1.165) is 32.4 Å². The van der Waals surface area contributed by atoms with Gasteiger partial charge in [-0.3, -0.25) is 9.35 Å². The average Bonchev–Trinajstić information content (AvgIpc) is 2.34. The second-order valence-corrected chi connectivity index (χ2v) is 4.68. The maximum absolute atomic E-state index is 10.9. The van der Waals surface area contributed by atoms with Crippen LogP contribution in [0.5, 0.6) is 0 Å². The molecule has 0 aromatic heterocycles. The fourth-order valence-corrected chi connectivity index (χ4v) is 1.21. The first-order valence-corrected chi connectivity index (χ1v) is 6.39. The standard InChI is InChI=1S/C7H13NO.CH4O3S/c1-2-5-8-6-3-4-7(8)9;1-5(2,3)4/h2-6H2,1H3;1H3,(H,2,3,4). The highest BCUT2D eigenvalue weighted by molar-refractivity contribution is 7.85. The number of carbonyl (C=O) groups is 1. The summed E-state index contributed by atoms with van der Waals surface area (Å²) in [5.41, 5.74) is 0. The van der Waals surface area contributed by atoms with E-state index < -0.39 is 10.1 Å². The van der Waals surface area contributed by atoms with Gasteiger partial charge < -0.3 is 4.90 Å². The molecule has 84 valence electrons. The molecule has 0 saturated carbocycles. The van der Waals surface area contributed by atoms with Gasteiger partial charge in [0.25, 0.3) is 10.1 Å². The Morgan fingerprint density at radius 1 is 1.50 bits per heavy atom. The van der Waals surface area contributed by atoms with E-state index in [9.17, 15) is 13.2 Å². The zero-order valence-corrected chi connectivity index (χ0v) is 9.38. The van der Waals surface area contributed by atoms with Crippen molar-refractivity contribution in [3.63, 3.8) is 0 Å². The molecule has 1 aliphatic rings. The monoisotopic (exact) mass is 223 g/mol. The van der Waals surface area contributed by atoms with Crippen molar-refractivity contribution < 1.29 is 17.8 Å². The topological polar surface area (TPSA) is 74.7 Å². The number of carbonyl (C=O) groups excluding carboxylic acids is 1. The molecule has 14 heavy (non-hydrogen) atoms. The highest BCUT2D eigenvalue weighted by Crippen LogP contribution is 2.08. The fraction of sp³-hybridized carbons (Fsp3) is 0.875. The zero-order chi connectivity index (χ0) is 11.2. The van der Waals surface area contributed by atoms with Crippen LogP contribution in [0.4, 0.5) is 0 Å². The van der Waals surface area contributed by atoms with E-state index in [4.69, 9.17) is 4.55 Å². The predicted octanol–water partition coefficient (Wildman–Crippen LogP) is 0.523. The van der Waals surface area contributed by atoms with E-state index in [0.29, 0.717) is 12.2 Å². The summed E-state index contributed by atoms with van der Waals surface area (Å²) in [5, 5.41) is 0. The van der Waals surface area contributed by atoms with Crippen molar-refractivity contribution in [3.05, 3.63) is 0 Å². The Morgan fingerprint density at radius 2 is 2.00 bits per heavy atom. The molecule has 0 unspecified atom stereocenters. The largest absolute Gasteiger partial charge is 0.343 e. The van der Waals surface area contributed by atoms with Crippen LogP contribution >= 0.6 is 0 Å². The van der Waals surface area contributed by atoms with Crippen molar-refractivity contribution in [2.45, 2.75) is 26.2 Å². The second-order valence-electron chi connectivity index (χ2n) is 3.22. The molecule has 1 fully saturated rings. The van der Waals surface area contributed by atoms with Gasteiger partial charge in [0.05, 0.1) is 6.26 Å². The van der Waals surface area contributed by atoms with E-state index in [1.165, 1.54) is 0 Å². The average molecular weight is 223 g/mol. The van der Waals surface area contributed by atoms with Crippen LogP contribution in [0.3, 0.4) is 0 Å². The maximum Gasteiger partial charge on any atom is 0.261 e. The lowest BCUT2D eigenvalue weighted by molar-refractivity contribution is -0.127. The van der Waals surface area contributed by atoms with Crippen molar-refractivity contribution >= 4 is 16.0 Å². The minimum atomic E-state index is -3.67. The van der Waals surface area contributed by atoms with Gasteiger partial charge in [-0.15, -0.1) is 0 Å². The van der Waals surface area contributed by atoms with E-state index >= 15 is 0 Å². The van der Waals surface area contributed by atoms with E-state index in [1.807, 2.05) is 4.90 Å². The summed E-state index contributed by atoms with van der Waals surface area (Å²) in [5.74, 6) is 0.344. The van der Waals surface area contributed by atoms with Crippen molar-refractivity contribution in [1.82, 2.24) is 4.90 Å². The van der Waals surface area contributed by atoms with Gasteiger partial charge in [0.2, 0.25) is 5.91 Å². The molecule has 1 amide bonds. The van der Waals surface area contributed by atoms with Gasteiger partial charge in [0, 0.05) is 19.5 Å². The summed E-state index contributed by atoms with van der Waals surface area (Å²) in [6, 6.07) is 0. The highest BCUT2D eigenvalue weighted by atomic mass is 32.2. The first kappa shape index (κ1) is 13.4. The molecule has 6 heteroatoms. The lowest BCUT2D eigenvalue weighted by Crippen LogP contribution is -2.24. The van der Waals surface area contributed by atoms with Crippen molar-refractivity contribution in [2.75, 3.05) is 19.3 Å². The van der Waals surface area contributed by atoms with Crippen LogP contribution in [0.15, 0.2) is 0 Å². The van der Waals surface area contributed by atoms with Gasteiger partial charge >= 0.3 is 0 Å². The third-order valence-electron chi connectivity index (χ3n) is 1.66. The molecular formula is C8H17NO4S. The molecule has 0 radical (unpaired) electrons. The van der Waals surface area contributed by atoms with Crippen LogP contribution in [0.1, 0.15) is 26.2 Å². The maximum atomic E-state index is 10.9. The van der Waals surface area contributed by atoms with Crippen LogP contribution in [-0.2, 0) is 14.9 Å². The van der Waals surface area contributed by atoms with Crippen molar-refractivity contribution in [3.8, 4) is 0 Å². The zero-order valence-electron chi connectivity index (χ0n) is 8.56. The van der Waals surface area contributed by atoms with Gasteiger partial charge in [-0.1, -0.05) is 6.92 Å². The van der Waals surface area contributed by atoms with Crippen LogP contribution in [-0.4, -0.2) is 43.1 Å². The quantitative estimate of drug-likeness (QED) is 0.693. The number of nitrogens with zero attached hydrogens (tertiary/aromatic N) is 1. The van der Waals surface area contributed by atoms with E-state index in [1.54, 1.807) is 0 Å². The minimum absolute atomic E-state index is 0.344. The summed E-state index contributed by atoms with van der Waals surface area (Å²) in [4.78, 5) is 12.8. The predicted molar refractivity (Wildman–Crippen MR) is 53.6 cm³/mol. The third-order valence-corrected chi connectivity index (χ3v) is 1.66. The van der Waals surface area contributed by atoms with Gasteiger partial charge in [0.1, 0.15) is 0 Å². The molecule has 0 aliphatic carbocycles. The van der Waals surface area contributed by atoms with Crippen molar-refractivity contribution in [2.24, 2.45) is 0 Å². The Morgan fingerprint density at radius 3 is 2.29 bits per heavy atom. The Hall–Kier alpha value is -0.620. The Labute approximate surface area is 84.8 Å². The van der Waals surface area contributed by atoms with Crippen LogP contribution in [0, 0.1) is 0 Å². The lowest BCUT2D eigenvalue weighted by Gasteiger charge is -2.12. The Balaban J connectivity index is 0.000000292. The smallest absolute Gasteiger partial charge is 0.261 e. The molecule has 1 N–H and O–H groups in total. The normalized spacial score (nSPS) is 16.5. The molecule has 5 nitrogen and oxygen atoms in total. The fourth-order valence-electron chi connectivity index (χ4n) is 1.21. The first-order chi connectivity index (χ1) is 6.34. The summed E-state index contributed by atoms with van der Waals surface area (Å²) in [7, 11) is -3.67. The molecule has 1 saturated heterocycles. The van der Waals surface area contributed by atoms with Crippen molar-refractivity contribution in [1.29, 1.82) is 0 Å². The van der Waals surface area contributed by atoms with E-state index in [-0.39, 0.29) is 0 Å². The number of amides is 1. The van der Waals surface area contributed by atoms with Crippen LogP contribution in [0.25, 0.3) is 0 Å². The number of hydrogen-bond donors (Lipinski definition) is 1. The lowest BCUT2D eigenvalue weighted by atomic mass is 10.4. The molecule has 1 aliphatic heterocycles. The van der Waals surface area contributed by atoms with Gasteiger partial charge in [-0.2, -0.15) is 8.42 Å². The van der Waals surface area contributed by atoms with Crippen LogP contribution in [0.2, 0.25) is 0 Å². The summed E-state index contributed by atoms with van der Waals surface area (Å²) < 4.78 is 25.9. The van der Waals surface area contributed by atoms with E-state index in [2.05, 4.69) is 6.92 Å². The van der Waals surface area contributed by atoms with Gasteiger partial charge in [0.15, 0.2) is 0 Å². The first-order valence-electron chi connectivity index (χ1n) is 4.55. The minimum Gasteiger partial charge on any atom is -0.343 e. The molecular weight excluding hydrogens is 206 g/mol. The molecule has 0 spiro atoms. The molecule has 0 aromatic carbocycles. The Bertz CT molecular complexity index is 265.